The normalized spacial score (nSPS) is 25.6. The highest BCUT2D eigenvalue weighted by Gasteiger charge is 2.21. The number of alkyl halides is 1. The molecule has 0 nitrogen and oxygen atoms in total. The SMILES string of the molecule is CC1(F)CCC=CCC1. The zero-order valence-electron chi connectivity index (χ0n) is 5.86. The molecule has 1 aliphatic rings. The first-order valence-corrected chi connectivity index (χ1v) is 3.55. The zero-order chi connectivity index (χ0) is 6.74. The van der Waals surface area contributed by atoms with Crippen molar-refractivity contribution in [2.75, 3.05) is 0 Å². The summed E-state index contributed by atoms with van der Waals surface area (Å²) in [5.74, 6) is 0. The van der Waals surface area contributed by atoms with Crippen LogP contribution in [0.25, 0.3) is 0 Å². The molecular weight excluding hydrogens is 115 g/mol. The third-order valence-corrected chi connectivity index (χ3v) is 1.83. The van der Waals surface area contributed by atoms with Crippen LogP contribution in [0.4, 0.5) is 4.39 Å². The molecule has 0 aromatic heterocycles. The lowest BCUT2D eigenvalue weighted by atomic mass is 9.99. The van der Waals surface area contributed by atoms with Gasteiger partial charge >= 0.3 is 0 Å². The molecule has 52 valence electrons. The number of hydrogen-bond donors (Lipinski definition) is 0. The largest absolute Gasteiger partial charge is 0.244 e. The summed E-state index contributed by atoms with van der Waals surface area (Å²) >= 11 is 0. The third kappa shape index (κ3) is 2.17. The second-order valence-electron chi connectivity index (χ2n) is 2.96. The average Bonchev–Trinajstić information content (AvgIpc) is 1.92. The summed E-state index contributed by atoms with van der Waals surface area (Å²) in [7, 11) is 0. The lowest BCUT2D eigenvalue weighted by molar-refractivity contribution is 0.167. The molecule has 0 aromatic rings. The van der Waals surface area contributed by atoms with E-state index in [-0.39, 0.29) is 0 Å². The molecule has 0 radical (unpaired) electrons. The average molecular weight is 128 g/mol. The predicted octanol–water partition coefficient (Wildman–Crippen LogP) is 2.84. The van der Waals surface area contributed by atoms with Crippen molar-refractivity contribution in [1.29, 1.82) is 0 Å². The molecule has 9 heavy (non-hydrogen) atoms. The Bertz CT molecular complexity index is 102. The maximum absolute atomic E-state index is 13.1. The van der Waals surface area contributed by atoms with E-state index in [9.17, 15) is 4.39 Å². The second-order valence-corrected chi connectivity index (χ2v) is 2.96. The maximum Gasteiger partial charge on any atom is 0.108 e. The summed E-state index contributed by atoms with van der Waals surface area (Å²) < 4.78 is 13.1. The Hall–Kier alpha value is -0.330. The molecule has 0 aliphatic heterocycles. The van der Waals surface area contributed by atoms with Crippen LogP contribution in [0.5, 0.6) is 0 Å². The van der Waals surface area contributed by atoms with Gasteiger partial charge in [-0.2, -0.15) is 0 Å². The van der Waals surface area contributed by atoms with E-state index < -0.39 is 5.67 Å². The molecule has 0 N–H and O–H groups in total. The smallest absolute Gasteiger partial charge is 0.108 e. The van der Waals surface area contributed by atoms with Gasteiger partial charge in [-0.15, -0.1) is 0 Å². The van der Waals surface area contributed by atoms with Crippen molar-refractivity contribution in [3.8, 4) is 0 Å². The Kier molecular flexibility index (Phi) is 1.89. The fourth-order valence-corrected chi connectivity index (χ4v) is 1.13. The van der Waals surface area contributed by atoms with Crippen molar-refractivity contribution in [3.63, 3.8) is 0 Å². The topological polar surface area (TPSA) is 0 Å². The zero-order valence-corrected chi connectivity index (χ0v) is 5.86. The first-order valence-electron chi connectivity index (χ1n) is 3.55. The Balaban J connectivity index is 2.44. The van der Waals surface area contributed by atoms with E-state index in [0.29, 0.717) is 12.8 Å². The van der Waals surface area contributed by atoms with Crippen LogP contribution in [0.1, 0.15) is 32.6 Å². The number of rotatable bonds is 0. The number of halogens is 1. The van der Waals surface area contributed by atoms with Gasteiger partial charge in [0.2, 0.25) is 0 Å². The van der Waals surface area contributed by atoms with Gasteiger partial charge in [0.1, 0.15) is 5.67 Å². The van der Waals surface area contributed by atoms with Crippen LogP contribution in [0.15, 0.2) is 12.2 Å². The predicted molar refractivity (Wildman–Crippen MR) is 37.1 cm³/mol. The minimum atomic E-state index is -0.899. The Morgan fingerprint density at radius 3 is 2.11 bits per heavy atom. The monoisotopic (exact) mass is 128 g/mol. The summed E-state index contributed by atoms with van der Waals surface area (Å²) in [4.78, 5) is 0. The van der Waals surface area contributed by atoms with Crippen LogP contribution >= 0.6 is 0 Å². The first kappa shape index (κ1) is 6.79. The van der Waals surface area contributed by atoms with Crippen molar-refractivity contribution in [3.05, 3.63) is 12.2 Å². The molecule has 0 amide bonds. The van der Waals surface area contributed by atoms with Gasteiger partial charge < -0.3 is 0 Å². The highest BCUT2D eigenvalue weighted by molar-refractivity contribution is 4.91. The van der Waals surface area contributed by atoms with Gasteiger partial charge in [0, 0.05) is 0 Å². The third-order valence-electron chi connectivity index (χ3n) is 1.83. The molecule has 0 aromatic carbocycles. The molecule has 0 saturated carbocycles. The summed E-state index contributed by atoms with van der Waals surface area (Å²) in [6.07, 6.45) is 7.36. The highest BCUT2D eigenvalue weighted by Crippen LogP contribution is 2.26. The Morgan fingerprint density at radius 2 is 1.67 bits per heavy atom. The van der Waals surface area contributed by atoms with Crippen LogP contribution in [0.2, 0.25) is 0 Å². The summed E-state index contributed by atoms with van der Waals surface area (Å²) in [5, 5.41) is 0. The quantitative estimate of drug-likeness (QED) is 0.440. The molecular formula is C8H13F. The van der Waals surface area contributed by atoms with Gasteiger partial charge in [-0.25, -0.2) is 4.39 Å². The fourth-order valence-electron chi connectivity index (χ4n) is 1.13. The van der Waals surface area contributed by atoms with Gasteiger partial charge in [0.05, 0.1) is 0 Å². The van der Waals surface area contributed by atoms with Gasteiger partial charge in [0.25, 0.3) is 0 Å². The van der Waals surface area contributed by atoms with E-state index in [1.165, 1.54) is 0 Å². The molecule has 0 saturated heterocycles. The van der Waals surface area contributed by atoms with E-state index >= 15 is 0 Å². The molecule has 0 bridgehead atoms. The van der Waals surface area contributed by atoms with Gasteiger partial charge in [-0.05, 0) is 32.6 Å². The second kappa shape index (κ2) is 2.51. The first-order chi connectivity index (χ1) is 4.21. The maximum atomic E-state index is 13.1. The molecule has 0 heterocycles. The van der Waals surface area contributed by atoms with Crippen molar-refractivity contribution >= 4 is 0 Å². The Labute approximate surface area is 55.8 Å². The summed E-state index contributed by atoms with van der Waals surface area (Å²) in [6, 6.07) is 0. The lowest BCUT2D eigenvalue weighted by Crippen LogP contribution is -2.15. The van der Waals surface area contributed by atoms with Gasteiger partial charge in [-0.1, -0.05) is 12.2 Å². The van der Waals surface area contributed by atoms with Crippen LogP contribution in [0, 0.1) is 0 Å². The van der Waals surface area contributed by atoms with Crippen LogP contribution in [-0.2, 0) is 0 Å². The highest BCUT2D eigenvalue weighted by atomic mass is 19.1. The standard InChI is InChI=1S/C8H13F/c1-8(9)6-4-2-3-5-7-8/h2-3H,4-7H2,1H3. The van der Waals surface area contributed by atoms with E-state index in [2.05, 4.69) is 12.2 Å². The van der Waals surface area contributed by atoms with Gasteiger partial charge in [0.15, 0.2) is 0 Å². The van der Waals surface area contributed by atoms with Crippen molar-refractivity contribution in [2.45, 2.75) is 38.3 Å². The van der Waals surface area contributed by atoms with Crippen molar-refractivity contribution < 1.29 is 4.39 Å². The van der Waals surface area contributed by atoms with E-state index in [1.54, 1.807) is 6.92 Å². The molecule has 0 spiro atoms. The minimum absolute atomic E-state index is 0.698. The van der Waals surface area contributed by atoms with Crippen LogP contribution in [-0.4, -0.2) is 5.67 Å². The van der Waals surface area contributed by atoms with Crippen LogP contribution < -0.4 is 0 Å². The van der Waals surface area contributed by atoms with Crippen LogP contribution in [0.3, 0.4) is 0 Å². The van der Waals surface area contributed by atoms with E-state index in [1.807, 2.05) is 0 Å². The van der Waals surface area contributed by atoms with Gasteiger partial charge in [-0.3, -0.25) is 0 Å². The van der Waals surface area contributed by atoms with E-state index in [4.69, 9.17) is 0 Å². The molecule has 1 heteroatoms. The molecule has 0 unspecified atom stereocenters. The lowest BCUT2D eigenvalue weighted by Gasteiger charge is -2.15. The molecule has 1 rings (SSSR count). The van der Waals surface area contributed by atoms with Crippen molar-refractivity contribution in [2.24, 2.45) is 0 Å². The number of hydrogen-bond acceptors (Lipinski definition) is 0. The summed E-state index contributed by atoms with van der Waals surface area (Å²) in [6.45, 7) is 1.69. The van der Waals surface area contributed by atoms with E-state index in [0.717, 1.165) is 12.8 Å². The molecule has 0 atom stereocenters. The number of allylic oxidation sites excluding steroid dienone is 2. The molecule has 0 fully saturated rings. The summed E-state index contributed by atoms with van der Waals surface area (Å²) in [5.41, 5.74) is -0.899. The Morgan fingerprint density at radius 1 is 1.22 bits per heavy atom. The minimum Gasteiger partial charge on any atom is -0.244 e. The van der Waals surface area contributed by atoms with Crippen molar-refractivity contribution in [1.82, 2.24) is 0 Å². The fraction of sp³-hybridized carbons (Fsp3) is 0.750. The molecule has 1 aliphatic carbocycles.